The van der Waals surface area contributed by atoms with Crippen LogP contribution in [0.3, 0.4) is 0 Å². The molecule has 0 aliphatic heterocycles. The fraction of sp³-hybridized carbons (Fsp3) is 0.286. The van der Waals surface area contributed by atoms with Gasteiger partial charge in [0, 0.05) is 10.6 Å². The largest absolute Gasteiger partial charge is 0.129 e. The molecule has 0 heterocycles. The summed E-state index contributed by atoms with van der Waals surface area (Å²) in [6.07, 6.45) is 2.04. The van der Waals surface area contributed by atoms with Crippen LogP contribution in [0.5, 0.6) is 0 Å². The molecule has 84 valence electrons. The fourth-order valence-corrected chi connectivity index (χ4v) is 1.92. The number of halogens is 1. The molecule has 0 bridgehead atoms. The predicted molar refractivity (Wildman–Crippen MR) is 76.2 cm³/mol. The lowest BCUT2D eigenvalue weighted by molar-refractivity contribution is 1.61. The van der Waals surface area contributed by atoms with Gasteiger partial charge in [0.25, 0.3) is 0 Å². The van der Waals surface area contributed by atoms with E-state index in [0.717, 1.165) is 16.2 Å². The molecule has 1 aromatic rings. The van der Waals surface area contributed by atoms with Gasteiger partial charge in [-0.2, -0.15) is 0 Å². The third kappa shape index (κ3) is 4.26. The van der Waals surface area contributed by atoms with Crippen LogP contribution in [0.4, 0.5) is 0 Å². The molecule has 0 amide bonds. The van der Waals surface area contributed by atoms with Crippen molar-refractivity contribution >= 4 is 25.2 Å². The van der Waals surface area contributed by atoms with Crippen molar-refractivity contribution in [1.82, 2.24) is 0 Å². The molecule has 0 saturated carbocycles. The molecule has 0 nitrogen and oxygen atoms in total. The Morgan fingerprint density at radius 3 is 2.50 bits per heavy atom. The van der Waals surface area contributed by atoms with E-state index in [1.807, 2.05) is 37.3 Å². The number of benzene rings is 1. The highest BCUT2D eigenvalue weighted by Crippen LogP contribution is 2.18. The normalized spacial score (nSPS) is 11.9. The maximum absolute atomic E-state index is 5.97. The Hall–Kier alpha value is -0.973. The van der Waals surface area contributed by atoms with Gasteiger partial charge in [-0.25, -0.2) is 0 Å². The van der Waals surface area contributed by atoms with Gasteiger partial charge >= 0.3 is 0 Å². The lowest BCUT2D eigenvalue weighted by Crippen LogP contribution is -2.16. The first-order valence-corrected chi connectivity index (χ1v) is 9.25. The standard InChI is InChI=1S/C14H17ClSi/c1-5-12(9-10-16(2,3)4)13-7-6-8-14(15)11-13/h5-8,11H,1-4H3/b12-5-. The average Bonchev–Trinajstić information content (AvgIpc) is 2.17. The Bertz CT molecular complexity index is 456. The molecule has 0 radical (unpaired) electrons. The zero-order valence-electron chi connectivity index (χ0n) is 10.3. The van der Waals surface area contributed by atoms with E-state index < -0.39 is 8.07 Å². The zero-order valence-corrected chi connectivity index (χ0v) is 12.0. The predicted octanol–water partition coefficient (Wildman–Crippen LogP) is 4.62. The fourth-order valence-electron chi connectivity index (χ4n) is 1.22. The van der Waals surface area contributed by atoms with Gasteiger partial charge in [-0.3, -0.25) is 0 Å². The monoisotopic (exact) mass is 248 g/mol. The lowest BCUT2D eigenvalue weighted by Gasteiger charge is -2.05. The highest BCUT2D eigenvalue weighted by Gasteiger charge is 2.08. The molecule has 0 aliphatic carbocycles. The lowest BCUT2D eigenvalue weighted by atomic mass is 10.1. The molecule has 0 spiro atoms. The van der Waals surface area contributed by atoms with Crippen LogP contribution in [0.1, 0.15) is 12.5 Å². The van der Waals surface area contributed by atoms with Gasteiger partial charge < -0.3 is 0 Å². The average molecular weight is 249 g/mol. The first kappa shape index (κ1) is 13.1. The second-order valence-corrected chi connectivity index (χ2v) is 9.90. The Morgan fingerprint density at radius 1 is 1.31 bits per heavy atom. The molecule has 0 saturated heterocycles. The second kappa shape index (κ2) is 5.38. The summed E-state index contributed by atoms with van der Waals surface area (Å²) in [6.45, 7) is 8.73. The minimum Gasteiger partial charge on any atom is -0.127 e. The maximum Gasteiger partial charge on any atom is 0.129 e. The van der Waals surface area contributed by atoms with Crippen molar-refractivity contribution in [1.29, 1.82) is 0 Å². The third-order valence-corrected chi connectivity index (χ3v) is 3.11. The van der Waals surface area contributed by atoms with Gasteiger partial charge in [0.1, 0.15) is 8.07 Å². The van der Waals surface area contributed by atoms with E-state index in [9.17, 15) is 0 Å². The SMILES string of the molecule is C/C=C(/C#C[Si](C)(C)C)c1cccc(Cl)c1. The Kier molecular flexibility index (Phi) is 4.41. The van der Waals surface area contributed by atoms with Crippen LogP contribution in [-0.2, 0) is 0 Å². The van der Waals surface area contributed by atoms with E-state index in [0.29, 0.717) is 0 Å². The quantitative estimate of drug-likeness (QED) is 0.502. The van der Waals surface area contributed by atoms with Crippen molar-refractivity contribution < 1.29 is 0 Å². The molecule has 2 heteroatoms. The summed E-state index contributed by atoms with van der Waals surface area (Å²) >= 11 is 5.97. The third-order valence-electron chi connectivity index (χ3n) is 2.00. The highest BCUT2D eigenvalue weighted by atomic mass is 35.5. The number of rotatable bonds is 1. The van der Waals surface area contributed by atoms with Gasteiger partial charge in [-0.1, -0.05) is 55.4 Å². The molecule has 0 aromatic heterocycles. The van der Waals surface area contributed by atoms with Gasteiger partial charge in [0.2, 0.25) is 0 Å². The summed E-state index contributed by atoms with van der Waals surface area (Å²) in [5.74, 6) is 3.27. The van der Waals surface area contributed by atoms with Crippen molar-refractivity contribution in [3.05, 3.63) is 40.9 Å². The van der Waals surface area contributed by atoms with E-state index in [1.54, 1.807) is 0 Å². The molecule has 0 atom stereocenters. The van der Waals surface area contributed by atoms with Crippen LogP contribution >= 0.6 is 11.6 Å². The van der Waals surface area contributed by atoms with Gasteiger partial charge in [-0.05, 0) is 24.6 Å². The van der Waals surface area contributed by atoms with Gasteiger partial charge in [0.05, 0.1) is 0 Å². The van der Waals surface area contributed by atoms with E-state index in [4.69, 9.17) is 11.6 Å². The van der Waals surface area contributed by atoms with E-state index in [-0.39, 0.29) is 0 Å². The first-order valence-electron chi connectivity index (χ1n) is 5.38. The molecular formula is C14H17ClSi. The maximum atomic E-state index is 5.97. The number of hydrogen-bond donors (Lipinski definition) is 0. The minimum absolute atomic E-state index is 0.756. The highest BCUT2D eigenvalue weighted by molar-refractivity contribution is 6.84. The molecule has 16 heavy (non-hydrogen) atoms. The first-order chi connectivity index (χ1) is 7.42. The van der Waals surface area contributed by atoms with Crippen molar-refractivity contribution in [3.8, 4) is 11.5 Å². The summed E-state index contributed by atoms with van der Waals surface area (Å²) in [4.78, 5) is 0. The van der Waals surface area contributed by atoms with Gasteiger partial charge in [-0.15, -0.1) is 5.54 Å². The Labute approximate surface area is 104 Å². The van der Waals surface area contributed by atoms with Crippen molar-refractivity contribution in [2.75, 3.05) is 0 Å². The number of allylic oxidation sites excluding steroid dienone is 2. The smallest absolute Gasteiger partial charge is 0.127 e. The van der Waals surface area contributed by atoms with E-state index in [1.165, 1.54) is 0 Å². The van der Waals surface area contributed by atoms with Crippen LogP contribution in [0.2, 0.25) is 24.7 Å². The van der Waals surface area contributed by atoms with E-state index >= 15 is 0 Å². The van der Waals surface area contributed by atoms with E-state index in [2.05, 4.69) is 31.1 Å². The summed E-state index contributed by atoms with van der Waals surface area (Å²) in [6, 6.07) is 7.83. The van der Waals surface area contributed by atoms with Crippen molar-refractivity contribution in [3.63, 3.8) is 0 Å². The van der Waals surface area contributed by atoms with Crippen molar-refractivity contribution in [2.24, 2.45) is 0 Å². The molecule has 0 N–H and O–H groups in total. The minimum atomic E-state index is -1.32. The molecule has 0 aliphatic rings. The topological polar surface area (TPSA) is 0 Å². The van der Waals surface area contributed by atoms with Crippen molar-refractivity contribution in [2.45, 2.75) is 26.6 Å². The second-order valence-electron chi connectivity index (χ2n) is 4.71. The molecule has 0 fully saturated rings. The van der Waals surface area contributed by atoms with Gasteiger partial charge in [0.15, 0.2) is 0 Å². The molecular weight excluding hydrogens is 232 g/mol. The molecule has 1 rings (SSSR count). The molecule has 1 aromatic carbocycles. The van der Waals surface area contributed by atoms with Crippen LogP contribution < -0.4 is 0 Å². The summed E-state index contributed by atoms with van der Waals surface area (Å²) < 4.78 is 0. The van der Waals surface area contributed by atoms with Crippen LogP contribution in [-0.4, -0.2) is 8.07 Å². The Morgan fingerprint density at radius 2 is 2.00 bits per heavy atom. The van der Waals surface area contributed by atoms with Crippen LogP contribution in [0, 0.1) is 11.5 Å². The summed E-state index contributed by atoms with van der Waals surface area (Å²) in [5.41, 5.74) is 5.53. The van der Waals surface area contributed by atoms with Crippen LogP contribution in [0.15, 0.2) is 30.3 Å². The summed E-state index contributed by atoms with van der Waals surface area (Å²) in [5, 5.41) is 0.756. The zero-order chi connectivity index (χ0) is 12.2. The summed E-state index contributed by atoms with van der Waals surface area (Å²) in [7, 11) is -1.32. The Balaban J connectivity index is 3.05. The number of hydrogen-bond acceptors (Lipinski definition) is 0. The molecule has 0 unspecified atom stereocenters. The van der Waals surface area contributed by atoms with Crippen LogP contribution in [0.25, 0.3) is 5.57 Å².